The van der Waals surface area contributed by atoms with E-state index in [0.29, 0.717) is 5.56 Å². The molecule has 0 heterocycles. The minimum atomic E-state index is -3.81. The summed E-state index contributed by atoms with van der Waals surface area (Å²) in [5, 5.41) is 11.0. The van der Waals surface area contributed by atoms with Crippen molar-refractivity contribution in [2.45, 2.75) is 17.4 Å². The second-order valence-corrected chi connectivity index (χ2v) is 7.95. The fourth-order valence-corrected chi connectivity index (χ4v) is 3.66. The molecule has 2 rings (SSSR count). The normalized spacial score (nSPS) is 12.8. The van der Waals surface area contributed by atoms with E-state index in [4.69, 9.17) is 5.73 Å². The molecule has 134 valence electrons. The van der Waals surface area contributed by atoms with Crippen LogP contribution in [0.5, 0.6) is 0 Å². The first-order valence-electron chi connectivity index (χ1n) is 7.07. The van der Waals surface area contributed by atoms with Crippen molar-refractivity contribution in [1.82, 2.24) is 4.72 Å². The van der Waals surface area contributed by atoms with Crippen LogP contribution in [-0.4, -0.2) is 20.4 Å². The maximum atomic E-state index is 13.3. The summed E-state index contributed by atoms with van der Waals surface area (Å²) in [5.41, 5.74) is 6.63. The lowest BCUT2D eigenvalue weighted by Crippen LogP contribution is -2.22. The first-order valence-corrected chi connectivity index (χ1v) is 9.34. The molecule has 0 radical (unpaired) electrons. The molecule has 2 aromatic carbocycles. The van der Waals surface area contributed by atoms with Crippen LogP contribution in [0.25, 0.3) is 0 Å². The van der Waals surface area contributed by atoms with Gasteiger partial charge in [-0.05, 0) is 58.7 Å². The summed E-state index contributed by atoms with van der Waals surface area (Å²) in [6.45, 7) is 0. The van der Waals surface area contributed by atoms with E-state index in [0.717, 1.165) is 6.07 Å². The fraction of sp³-hybridized carbons (Fsp3) is 0.200. The molecule has 0 fully saturated rings. The van der Waals surface area contributed by atoms with Gasteiger partial charge in [-0.15, -0.1) is 0 Å². The van der Waals surface area contributed by atoms with Gasteiger partial charge in [-0.1, -0.05) is 6.07 Å². The van der Waals surface area contributed by atoms with Crippen LogP contribution >= 0.6 is 15.9 Å². The van der Waals surface area contributed by atoms with Crippen molar-refractivity contribution < 1.29 is 17.7 Å². The van der Waals surface area contributed by atoms with E-state index < -0.39 is 26.8 Å². The lowest BCUT2D eigenvalue weighted by Gasteiger charge is -2.15. The maximum Gasteiger partial charge on any atom is 0.269 e. The van der Waals surface area contributed by atoms with Gasteiger partial charge < -0.3 is 5.73 Å². The number of nitro benzene ring substituents is 1. The zero-order valence-electron chi connectivity index (χ0n) is 13.1. The van der Waals surface area contributed by atoms with Gasteiger partial charge in [0.15, 0.2) is 0 Å². The molecular weight excluding hydrogens is 417 g/mol. The Morgan fingerprint density at radius 2 is 2.00 bits per heavy atom. The molecule has 7 nitrogen and oxygen atoms in total. The van der Waals surface area contributed by atoms with Gasteiger partial charge in [0.25, 0.3) is 5.69 Å². The number of benzene rings is 2. The van der Waals surface area contributed by atoms with Crippen LogP contribution in [-0.2, 0) is 16.4 Å². The summed E-state index contributed by atoms with van der Waals surface area (Å²) >= 11 is 3.06. The number of non-ortho nitro benzene ring substituents is 1. The highest BCUT2D eigenvalue weighted by atomic mass is 79.9. The minimum Gasteiger partial charge on any atom is -0.324 e. The Bertz CT molecular complexity index is 921. The van der Waals surface area contributed by atoms with Crippen molar-refractivity contribution in [3.05, 3.63) is 67.9 Å². The number of nitrogens with zero attached hydrogens (tertiary/aromatic N) is 1. The first kappa shape index (κ1) is 19.4. The van der Waals surface area contributed by atoms with E-state index in [-0.39, 0.29) is 27.0 Å². The SMILES string of the molecule is CNS(=O)(=O)c1ccc([N+](=O)[O-])cc1C[C@H](N)c1ccc(F)c(Br)c1. The molecule has 0 spiro atoms. The standard InChI is InChI=1S/C15H15BrFN3O4S/c1-19-25(23,24)15-5-3-11(20(21)22)6-10(15)8-14(18)9-2-4-13(17)12(16)7-9/h2-7,14,19H,8,18H2,1H3/t14-/m0/s1. The van der Waals surface area contributed by atoms with Crippen LogP contribution in [0.15, 0.2) is 45.8 Å². The van der Waals surface area contributed by atoms with Crippen LogP contribution in [0.2, 0.25) is 0 Å². The van der Waals surface area contributed by atoms with Gasteiger partial charge in [-0.25, -0.2) is 17.5 Å². The monoisotopic (exact) mass is 431 g/mol. The van der Waals surface area contributed by atoms with E-state index in [1.165, 1.54) is 37.4 Å². The van der Waals surface area contributed by atoms with Crippen LogP contribution in [0.3, 0.4) is 0 Å². The van der Waals surface area contributed by atoms with Crippen LogP contribution < -0.4 is 10.5 Å². The average Bonchev–Trinajstić information content (AvgIpc) is 2.56. The lowest BCUT2D eigenvalue weighted by molar-refractivity contribution is -0.385. The van der Waals surface area contributed by atoms with Gasteiger partial charge in [0.1, 0.15) is 5.82 Å². The Morgan fingerprint density at radius 1 is 1.32 bits per heavy atom. The molecule has 1 atom stereocenters. The molecule has 10 heteroatoms. The number of sulfonamides is 1. The highest BCUT2D eigenvalue weighted by Gasteiger charge is 2.22. The van der Waals surface area contributed by atoms with Gasteiger partial charge in [0.05, 0.1) is 14.3 Å². The van der Waals surface area contributed by atoms with E-state index in [9.17, 15) is 22.9 Å². The Morgan fingerprint density at radius 3 is 2.56 bits per heavy atom. The third kappa shape index (κ3) is 4.40. The average molecular weight is 432 g/mol. The first-order chi connectivity index (χ1) is 11.7. The molecule has 0 saturated carbocycles. The molecule has 0 aliphatic heterocycles. The molecule has 0 aromatic heterocycles. The minimum absolute atomic E-state index is 0.0238. The molecule has 3 N–H and O–H groups in total. The molecule has 0 bridgehead atoms. The number of hydrogen-bond donors (Lipinski definition) is 2. The number of nitro groups is 1. The summed E-state index contributed by atoms with van der Waals surface area (Å²) in [7, 11) is -2.56. The van der Waals surface area contributed by atoms with Crippen molar-refractivity contribution >= 4 is 31.6 Å². The van der Waals surface area contributed by atoms with E-state index in [1.807, 2.05) is 0 Å². The zero-order chi connectivity index (χ0) is 18.8. The summed E-state index contributed by atoms with van der Waals surface area (Å²) in [5.74, 6) is -0.454. The number of nitrogens with one attached hydrogen (secondary N) is 1. The summed E-state index contributed by atoms with van der Waals surface area (Å²) in [4.78, 5) is 10.3. The Hall–Kier alpha value is -1.88. The molecule has 0 amide bonds. The molecule has 25 heavy (non-hydrogen) atoms. The third-order valence-electron chi connectivity index (χ3n) is 3.62. The van der Waals surface area contributed by atoms with Gasteiger partial charge >= 0.3 is 0 Å². The van der Waals surface area contributed by atoms with Crippen molar-refractivity contribution in [3.8, 4) is 0 Å². The van der Waals surface area contributed by atoms with Gasteiger partial charge in [0, 0.05) is 18.2 Å². The van der Waals surface area contributed by atoms with Crippen molar-refractivity contribution in [1.29, 1.82) is 0 Å². The number of nitrogens with two attached hydrogens (primary N) is 1. The van der Waals surface area contributed by atoms with Crippen molar-refractivity contribution in [2.75, 3.05) is 7.05 Å². The second kappa shape index (κ2) is 7.56. The largest absolute Gasteiger partial charge is 0.324 e. The van der Waals surface area contributed by atoms with Crippen LogP contribution in [0.1, 0.15) is 17.2 Å². The second-order valence-electron chi connectivity index (χ2n) is 5.24. The smallest absolute Gasteiger partial charge is 0.269 e. The van der Waals surface area contributed by atoms with Crippen molar-refractivity contribution in [3.63, 3.8) is 0 Å². The summed E-state index contributed by atoms with van der Waals surface area (Å²) in [6.07, 6.45) is 0.0238. The highest BCUT2D eigenvalue weighted by molar-refractivity contribution is 9.10. The quantitative estimate of drug-likeness (QED) is 0.538. The topological polar surface area (TPSA) is 115 Å². The molecule has 0 saturated heterocycles. The predicted molar refractivity (Wildman–Crippen MR) is 94.1 cm³/mol. The number of hydrogen-bond acceptors (Lipinski definition) is 5. The van der Waals surface area contributed by atoms with Crippen LogP contribution in [0.4, 0.5) is 10.1 Å². The lowest BCUT2D eigenvalue weighted by atomic mass is 9.99. The maximum absolute atomic E-state index is 13.3. The number of rotatable bonds is 6. The summed E-state index contributed by atoms with van der Waals surface area (Å²) < 4.78 is 40.0. The molecule has 0 unspecified atom stereocenters. The van der Waals surface area contributed by atoms with E-state index in [1.54, 1.807) is 0 Å². The molecule has 0 aliphatic carbocycles. The third-order valence-corrected chi connectivity index (χ3v) is 5.75. The summed E-state index contributed by atoms with van der Waals surface area (Å²) in [6, 6.07) is 7.00. The van der Waals surface area contributed by atoms with Crippen molar-refractivity contribution in [2.24, 2.45) is 5.73 Å². The van der Waals surface area contributed by atoms with Gasteiger partial charge in [-0.3, -0.25) is 10.1 Å². The fourth-order valence-electron chi connectivity index (χ4n) is 2.31. The Balaban J connectivity index is 2.46. The molecule has 0 aliphatic rings. The molecule has 2 aromatic rings. The zero-order valence-corrected chi connectivity index (χ0v) is 15.5. The molecular formula is C15H15BrFN3O4S. The van der Waals surface area contributed by atoms with Gasteiger partial charge in [-0.2, -0.15) is 0 Å². The predicted octanol–water partition coefficient (Wildman–Crippen LogP) is 2.65. The number of halogens is 2. The van der Waals surface area contributed by atoms with E-state index in [2.05, 4.69) is 20.7 Å². The Labute approximate surface area is 152 Å². The Kier molecular flexibility index (Phi) is 5.88. The van der Waals surface area contributed by atoms with Crippen LogP contribution in [0, 0.1) is 15.9 Å². The van der Waals surface area contributed by atoms with E-state index >= 15 is 0 Å². The highest BCUT2D eigenvalue weighted by Crippen LogP contribution is 2.27. The van der Waals surface area contributed by atoms with Gasteiger partial charge in [0.2, 0.25) is 10.0 Å².